The first-order chi connectivity index (χ1) is 27.1. The number of likely N-dealkylation sites (N-methyl/N-ethyl adjacent to an activating group) is 1. The van der Waals surface area contributed by atoms with Crippen LogP contribution >= 0.6 is 0 Å². The maximum Gasteiger partial charge on any atom is 0.330 e. The molecular formula is C47H52N6O3. The van der Waals surface area contributed by atoms with E-state index in [1.807, 2.05) is 79.1 Å². The quantitative estimate of drug-likeness (QED) is 0.193. The molecule has 5 aromatic rings. The number of hydrogen-bond donors (Lipinski definition) is 1. The van der Waals surface area contributed by atoms with Gasteiger partial charge in [-0.3, -0.25) is 14.2 Å². The number of anilines is 2. The van der Waals surface area contributed by atoms with Crippen molar-refractivity contribution in [2.24, 2.45) is 0 Å². The van der Waals surface area contributed by atoms with Crippen LogP contribution in [0.3, 0.4) is 0 Å². The van der Waals surface area contributed by atoms with Crippen LogP contribution < -0.4 is 10.2 Å². The van der Waals surface area contributed by atoms with Gasteiger partial charge in [0, 0.05) is 80.1 Å². The number of fused-ring (bicyclic) bond motifs is 2. The fraction of sp³-hybridized carbons (Fsp3) is 0.340. The zero-order chi connectivity index (χ0) is 39.1. The van der Waals surface area contributed by atoms with E-state index in [0.717, 1.165) is 88.6 Å². The maximum atomic E-state index is 15.1. The minimum atomic E-state index is -0.273. The van der Waals surface area contributed by atoms with Crippen LogP contribution in [-0.2, 0) is 37.1 Å². The molecule has 9 nitrogen and oxygen atoms in total. The molecule has 1 N–H and O–H groups in total. The smallest absolute Gasteiger partial charge is 0.330 e. The predicted molar refractivity (Wildman–Crippen MR) is 223 cm³/mol. The molecule has 0 spiro atoms. The number of hydrogen-bond acceptors (Lipinski definition) is 5. The molecule has 1 fully saturated rings. The predicted octanol–water partition coefficient (Wildman–Crippen LogP) is 7.63. The van der Waals surface area contributed by atoms with Crippen LogP contribution in [0.2, 0.25) is 0 Å². The van der Waals surface area contributed by atoms with Gasteiger partial charge in [0.05, 0.1) is 12.1 Å². The first kappa shape index (κ1) is 37.3. The van der Waals surface area contributed by atoms with Gasteiger partial charge in [0.2, 0.25) is 5.91 Å². The van der Waals surface area contributed by atoms with Crippen LogP contribution in [0.15, 0.2) is 91.0 Å². The van der Waals surface area contributed by atoms with Gasteiger partial charge in [0.1, 0.15) is 0 Å². The van der Waals surface area contributed by atoms with E-state index in [1.165, 1.54) is 5.56 Å². The Morgan fingerprint density at radius 2 is 1.43 bits per heavy atom. The summed E-state index contributed by atoms with van der Waals surface area (Å²) in [6.07, 6.45) is 1.76. The highest BCUT2D eigenvalue weighted by Crippen LogP contribution is 2.38. The highest BCUT2D eigenvalue weighted by Gasteiger charge is 2.33. The summed E-state index contributed by atoms with van der Waals surface area (Å²) in [7, 11) is 2.15. The number of rotatable bonds is 6. The molecule has 4 aromatic carbocycles. The third-order valence-electron chi connectivity index (χ3n) is 12.4. The average molecular weight is 749 g/mol. The minimum Gasteiger partial charge on any atom is -0.369 e. The minimum absolute atomic E-state index is 0.0162. The topological polar surface area (TPSA) is 81.1 Å². The summed E-state index contributed by atoms with van der Waals surface area (Å²) in [6.45, 7) is 13.6. The third-order valence-corrected chi connectivity index (χ3v) is 12.4. The Labute approximate surface area is 330 Å². The third kappa shape index (κ3) is 7.12. The molecule has 1 atom stereocenters. The second-order valence-corrected chi connectivity index (χ2v) is 15.9. The Balaban J connectivity index is 1.16. The Morgan fingerprint density at radius 3 is 2.20 bits per heavy atom. The fourth-order valence-corrected chi connectivity index (χ4v) is 8.82. The van der Waals surface area contributed by atoms with Crippen molar-refractivity contribution in [3.05, 3.63) is 141 Å². The average Bonchev–Trinajstić information content (AvgIpc) is 3.44. The van der Waals surface area contributed by atoms with Crippen LogP contribution in [-0.4, -0.2) is 82.9 Å². The number of piperazine rings is 1. The van der Waals surface area contributed by atoms with Gasteiger partial charge < -0.3 is 24.9 Å². The molecule has 288 valence electrons. The largest absolute Gasteiger partial charge is 0.369 e. The molecule has 4 heterocycles. The second-order valence-electron chi connectivity index (χ2n) is 15.9. The number of benzene rings is 4. The van der Waals surface area contributed by atoms with Crippen molar-refractivity contribution in [2.45, 2.75) is 66.1 Å². The van der Waals surface area contributed by atoms with Crippen LogP contribution in [0.5, 0.6) is 0 Å². The van der Waals surface area contributed by atoms with E-state index in [1.54, 1.807) is 4.57 Å². The lowest BCUT2D eigenvalue weighted by Crippen LogP contribution is -2.45. The van der Waals surface area contributed by atoms with E-state index in [-0.39, 0.29) is 23.9 Å². The highest BCUT2D eigenvalue weighted by atomic mass is 16.2. The van der Waals surface area contributed by atoms with Gasteiger partial charge in [0.25, 0.3) is 5.91 Å². The second kappa shape index (κ2) is 15.5. The van der Waals surface area contributed by atoms with Crippen molar-refractivity contribution < 1.29 is 14.4 Å². The molecule has 56 heavy (non-hydrogen) atoms. The van der Waals surface area contributed by atoms with Gasteiger partial charge in [-0.2, -0.15) is 0 Å². The normalized spacial score (nSPS) is 17.0. The molecule has 3 amide bonds. The van der Waals surface area contributed by atoms with Gasteiger partial charge in [-0.1, -0.05) is 60.7 Å². The molecular weight excluding hydrogens is 697 g/mol. The summed E-state index contributed by atoms with van der Waals surface area (Å²) in [4.78, 5) is 52.0. The molecule has 1 aromatic heterocycles. The van der Waals surface area contributed by atoms with Gasteiger partial charge in [-0.25, -0.2) is 4.79 Å². The van der Waals surface area contributed by atoms with Crippen molar-refractivity contribution in [1.82, 2.24) is 19.3 Å². The first-order valence-corrected chi connectivity index (χ1v) is 20.0. The number of para-hydroxylation sites is 2. The molecule has 0 radical (unpaired) electrons. The number of carbonyl (C=O) groups is 3. The summed E-state index contributed by atoms with van der Waals surface area (Å²) in [5.74, 6) is 0.0178. The number of carbonyl (C=O) groups excluding carboxylic acids is 3. The first-order valence-electron chi connectivity index (χ1n) is 20.0. The van der Waals surface area contributed by atoms with Gasteiger partial charge in [-0.05, 0) is 117 Å². The lowest BCUT2D eigenvalue weighted by Gasteiger charge is -2.36. The SMILES string of the molecule is Cc1c(C)c(-c2cc3c(cc2C(=O)N2Cc4ccccc4C[C@H]2C)CN(C(=O)Cc2ccccc2N2CCN(C)CC2)CC3)n(C(=O)Nc2ccccc2)c1C. The molecule has 9 heteroatoms. The highest BCUT2D eigenvalue weighted by molar-refractivity contribution is 6.04. The Hall–Kier alpha value is -5.67. The summed E-state index contributed by atoms with van der Waals surface area (Å²) in [6, 6.07) is 30.0. The molecule has 0 aliphatic carbocycles. The van der Waals surface area contributed by atoms with Crippen molar-refractivity contribution in [2.75, 3.05) is 50.0 Å². The van der Waals surface area contributed by atoms with Crippen LogP contribution in [0.1, 0.15) is 61.9 Å². The summed E-state index contributed by atoms with van der Waals surface area (Å²) in [5, 5.41) is 3.09. The lowest BCUT2D eigenvalue weighted by atomic mass is 9.89. The van der Waals surface area contributed by atoms with Crippen molar-refractivity contribution >= 4 is 29.2 Å². The Bertz CT molecular complexity index is 2300. The molecule has 1 saturated heterocycles. The van der Waals surface area contributed by atoms with E-state index in [9.17, 15) is 9.59 Å². The fourth-order valence-electron chi connectivity index (χ4n) is 8.82. The van der Waals surface area contributed by atoms with Crippen molar-refractivity contribution in [3.8, 4) is 11.3 Å². The molecule has 0 saturated carbocycles. The lowest BCUT2D eigenvalue weighted by molar-refractivity contribution is -0.131. The molecule has 3 aliphatic heterocycles. The zero-order valence-electron chi connectivity index (χ0n) is 33.3. The van der Waals surface area contributed by atoms with Crippen molar-refractivity contribution in [1.29, 1.82) is 0 Å². The Kier molecular flexibility index (Phi) is 10.3. The van der Waals surface area contributed by atoms with Crippen LogP contribution in [0, 0.1) is 20.8 Å². The molecule has 0 unspecified atom stereocenters. The Morgan fingerprint density at radius 1 is 0.732 bits per heavy atom. The van der Waals surface area contributed by atoms with E-state index in [2.05, 4.69) is 71.6 Å². The van der Waals surface area contributed by atoms with E-state index >= 15 is 4.79 Å². The number of amides is 3. The summed E-state index contributed by atoms with van der Waals surface area (Å²) >= 11 is 0. The maximum absolute atomic E-state index is 15.1. The molecule has 3 aliphatic rings. The number of nitrogens with zero attached hydrogens (tertiary/aromatic N) is 5. The van der Waals surface area contributed by atoms with Gasteiger partial charge in [-0.15, -0.1) is 0 Å². The van der Waals surface area contributed by atoms with E-state index in [0.29, 0.717) is 43.7 Å². The van der Waals surface area contributed by atoms with Crippen LogP contribution in [0.25, 0.3) is 11.3 Å². The van der Waals surface area contributed by atoms with Crippen molar-refractivity contribution in [3.63, 3.8) is 0 Å². The monoisotopic (exact) mass is 748 g/mol. The van der Waals surface area contributed by atoms with Crippen LogP contribution in [0.4, 0.5) is 16.2 Å². The van der Waals surface area contributed by atoms with E-state index < -0.39 is 0 Å². The number of nitrogens with one attached hydrogen (secondary N) is 1. The van der Waals surface area contributed by atoms with Gasteiger partial charge in [0.15, 0.2) is 0 Å². The molecule has 8 rings (SSSR count). The standard InChI is InChI=1S/C47H52N6O3/c1-31-25-35-13-9-10-15-38(35)30-52(31)46(55)42-27-39-29-51(44(54)28-37-14-11-12-18-43(37)50-23-21-49(5)22-24-50)20-19-36(39)26-41(42)45-33(3)32(2)34(4)53(45)47(56)48-40-16-7-6-8-17-40/h6-18,26-27,31H,19-25,28-30H2,1-5H3,(H,48,56)/t31-/m1/s1. The summed E-state index contributed by atoms with van der Waals surface area (Å²) in [5.41, 5.74) is 12.2. The van der Waals surface area contributed by atoms with E-state index in [4.69, 9.17) is 0 Å². The number of aromatic nitrogens is 1. The summed E-state index contributed by atoms with van der Waals surface area (Å²) < 4.78 is 1.74. The van der Waals surface area contributed by atoms with Gasteiger partial charge >= 0.3 is 6.03 Å². The molecule has 0 bridgehead atoms. The zero-order valence-corrected chi connectivity index (χ0v) is 33.3.